The Morgan fingerprint density at radius 1 is 1.32 bits per heavy atom. The van der Waals surface area contributed by atoms with E-state index in [4.69, 9.17) is 16.3 Å². The van der Waals surface area contributed by atoms with Gasteiger partial charge in [-0.1, -0.05) is 30.7 Å². The van der Waals surface area contributed by atoms with E-state index < -0.39 is 0 Å². The third-order valence-corrected chi connectivity index (χ3v) is 3.08. The molecule has 2 aromatic rings. The van der Waals surface area contributed by atoms with E-state index in [1.165, 1.54) is 0 Å². The average molecular weight is 280 g/mol. The van der Waals surface area contributed by atoms with Crippen molar-refractivity contribution < 1.29 is 4.74 Å². The zero-order valence-electron chi connectivity index (χ0n) is 11.2. The average Bonchev–Trinajstić information content (AvgIpc) is 2.87. The van der Waals surface area contributed by atoms with Crippen LogP contribution in [0.2, 0.25) is 5.02 Å². The Hall–Kier alpha value is -1.39. The molecule has 1 aromatic carbocycles. The first-order valence-electron chi connectivity index (χ1n) is 6.44. The van der Waals surface area contributed by atoms with Crippen LogP contribution in [-0.2, 0) is 11.3 Å². The van der Waals surface area contributed by atoms with Crippen molar-refractivity contribution in [2.75, 3.05) is 6.61 Å². The SMILES string of the molecule is CCCOC(C)c1ncnn1Cc1ccc(Cl)cc1. The van der Waals surface area contributed by atoms with Crippen LogP contribution in [0.3, 0.4) is 0 Å². The van der Waals surface area contributed by atoms with Crippen LogP contribution < -0.4 is 0 Å². The number of ether oxygens (including phenoxy) is 1. The van der Waals surface area contributed by atoms with E-state index >= 15 is 0 Å². The quantitative estimate of drug-likeness (QED) is 0.813. The molecule has 0 saturated heterocycles. The van der Waals surface area contributed by atoms with Gasteiger partial charge >= 0.3 is 0 Å². The fraction of sp³-hybridized carbons (Fsp3) is 0.429. The van der Waals surface area contributed by atoms with Crippen molar-refractivity contribution in [1.29, 1.82) is 0 Å². The maximum atomic E-state index is 5.88. The zero-order valence-corrected chi connectivity index (χ0v) is 12.0. The molecule has 1 unspecified atom stereocenters. The van der Waals surface area contributed by atoms with Crippen LogP contribution in [0.15, 0.2) is 30.6 Å². The summed E-state index contributed by atoms with van der Waals surface area (Å²) in [6, 6.07) is 7.74. The highest BCUT2D eigenvalue weighted by Crippen LogP contribution is 2.16. The summed E-state index contributed by atoms with van der Waals surface area (Å²) in [6.07, 6.45) is 2.52. The van der Waals surface area contributed by atoms with Crippen LogP contribution in [0.4, 0.5) is 0 Å². The second-order valence-corrected chi connectivity index (χ2v) is 4.85. The number of hydrogen-bond acceptors (Lipinski definition) is 3. The first-order chi connectivity index (χ1) is 9.20. The molecule has 0 amide bonds. The van der Waals surface area contributed by atoms with Crippen molar-refractivity contribution in [3.8, 4) is 0 Å². The molecule has 19 heavy (non-hydrogen) atoms. The lowest BCUT2D eigenvalue weighted by atomic mass is 10.2. The smallest absolute Gasteiger partial charge is 0.156 e. The van der Waals surface area contributed by atoms with Gasteiger partial charge in [0.25, 0.3) is 0 Å². The zero-order chi connectivity index (χ0) is 13.7. The van der Waals surface area contributed by atoms with E-state index in [0.717, 1.165) is 29.4 Å². The van der Waals surface area contributed by atoms with E-state index in [2.05, 4.69) is 17.0 Å². The summed E-state index contributed by atoms with van der Waals surface area (Å²) in [4.78, 5) is 4.28. The Labute approximate surface area is 118 Å². The molecule has 0 fully saturated rings. The molecule has 102 valence electrons. The summed E-state index contributed by atoms with van der Waals surface area (Å²) in [6.45, 7) is 5.49. The highest BCUT2D eigenvalue weighted by molar-refractivity contribution is 6.30. The molecule has 0 bridgehead atoms. The molecule has 0 radical (unpaired) electrons. The van der Waals surface area contributed by atoms with Crippen molar-refractivity contribution >= 4 is 11.6 Å². The van der Waals surface area contributed by atoms with E-state index in [9.17, 15) is 0 Å². The molecule has 0 spiro atoms. The van der Waals surface area contributed by atoms with Gasteiger partial charge in [0.1, 0.15) is 12.4 Å². The minimum atomic E-state index is -0.0465. The first kappa shape index (κ1) is 14.0. The first-order valence-corrected chi connectivity index (χ1v) is 6.82. The second kappa shape index (κ2) is 6.68. The number of nitrogens with zero attached hydrogens (tertiary/aromatic N) is 3. The van der Waals surface area contributed by atoms with Gasteiger partial charge in [-0.25, -0.2) is 9.67 Å². The summed E-state index contributed by atoms with van der Waals surface area (Å²) in [5.41, 5.74) is 1.14. The Morgan fingerprint density at radius 3 is 2.74 bits per heavy atom. The monoisotopic (exact) mass is 279 g/mol. The maximum Gasteiger partial charge on any atom is 0.156 e. The predicted octanol–water partition coefficient (Wildman–Crippen LogP) is 3.47. The lowest BCUT2D eigenvalue weighted by Crippen LogP contribution is -2.12. The number of rotatable bonds is 6. The lowest BCUT2D eigenvalue weighted by Gasteiger charge is -2.13. The minimum Gasteiger partial charge on any atom is -0.371 e. The Balaban J connectivity index is 2.08. The third kappa shape index (κ3) is 3.78. The van der Waals surface area contributed by atoms with Gasteiger partial charge in [0.05, 0.1) is 6.54 Å². The summed E-state index contributed by atoms with van der Waals surface area (Å²) in [5.74, 6) is 0.850. The molecule has 0 aliphatic heterocycles. The van der Waals surface area contributed by atoms with Crippen LogP contribution in [0.1, 0.15) is 37.8 Å². The summed E-state index contributed by atoms with van der Waals surface area (Å²) >= 11 is 5.88. The standard InChI is InChI=1S/C14H18ClN3O/c1-3-8-19-11(2)14-16-10-17-18(14)9-12-4-6-13(15)7-5-12/h4-7,10-11H,3,8-9H2,1-2H3. The maximum absolute atomic E-state index is 5.88. The van der Waals surface area contributed by atoms with Crippen LogP contribution in [-0.4, -0.2) is 21.4 Å². The molecule has 4 nitrogen and oxygen atoms in total. The molecular weight excluding hydrogens is 262 g/mol. The van der Waals surface area contributed by atoms with Gasteiger partial charge < -0.3 is 4.74 Å². The fourth-order valence-corrected chi connectivity index (χ4v) is 1.97. The van der Waals surface area contributed by atoms with Crippen LogP contribution in [0, 0.1) is 0 Å². The molecule has 5 heteroatoms. The molecule has 1 heterocycles. The number of hydrogen-bond donors (Lipinski definition) is 0. The molecule has 0 saturated carbocycles. The van der Waals surface area contributed by atoms with Crippen LogP contribution in [0.25, 0.3) is 0 Å². The van der Waals surface area contributed by atoms with Crippen LogP contribution >= 0.6 is 11.6 Å². The largest absolute Gasteiger partial charge is 0.371 e. The van der Waals surface area contributed by atoms with Gasteiger partial charge in [-0.15, -0.1) is 0 Å². The van der Waals surface area contributed by atoms with Gasteiger partial charge in [0.2, 0.25) is 0 Å². The van der Waals surface area contributed by atoms with Gasteiger partial charge in [-0.05, 0) is 31.0 Å². The van der Waals surface area contributed by atoms with E-state index in [0.29, 0.717) is 6.54 Å². The fourth-order valence-electron chi connectivity index (χ4n) is 1.84. The summed E-state index contributed by atoms with van der Waals surface area (Å²) in [7, 11) is 0. The number of halogens is 1. The van der Waals surface area contributed by atoms with Gasteiger partial charge in [-0.2, -0.15) is 5.10 Å². The van der Waals surface area contributed by atoms with Crippen molar-refractivity contribution in [3.63, 3.8) is 0 Å². The van der Waals surface area contributed by atoms with Crippen LogP contribution in [0.5, 0.6) is 0 Å². The topological polar surface area (TPSA) is 39.9 Å². The second-order valence-electron chi connectivity index (χ2n) is 4.42. The number of aromatic nitrogens is 3. The molecular formula is C14H18ClN3O. The van der Waals surface area contributed by atoms with Crippen molar-refractivity contribution in [1.82, 2.24) is 14.8 Å². The molecule has 0 aliphatic rings. The minimum absolute atomic E-state index is 0.0465. The Morgan fingerprint density at radius 2 is 2.05 bits per heavy atom. The third-order valence-electron chi connectivity index (χ3n) is 2.83. The predicted molar refractivity (Wildman–Crippen MR) is 75.2 cm³/mol. The summed E-state index contributed by atoms with van der Waals surface area (Å²) < 4.78 is 7.55. The summed E-state index contributed by atoms with van der Waals surface area (Å²) in [5, 5.41) is 4.99. The van der Waals surface area contributed by atoms with E-state index in [-0.39, 0.29) is 6.10 Å². The molecule has 1 aromatic heterocycles. The van der Waals surface area contributed by atoms with Crippen molar-refractivity contribution in [2.45, 2.75) is 32.9 Å². The highest BCUT2D eigenvalue weighted by Gasteiger charge is 2.13. The molecule has 0 N–H and O–H groups in total. The van der Waals surface area contributed by atoms with E-state index in [1.54, 1.807) is 6.33 Å². The van der Waals surface area contributed by atoms with Crippen molar-refractivity contribution in [3.05, 3.63) is 47.0 Å². The molecule has 2 rings (SSSR count). The Kier molecular flexibility index (Phi) is 4.93. The Bertz CT molecular complexity index is 510. The molecule has 0 aliphatic carbocycles. The highest BCUT2D eigenvalue weighted by atomic mass is 35.5. The van der Waals surface area contributed by atoms with Gasteiger partial charge in [0, 0.05) is 11.6 Å². The van der Waals surface area contributed by atoms with Crippen molar-refractivity contribution in [2.24, 2.45) is 0 Å². The van der Waals surface area contributed by atoms with E-state index in [1.807, 2.05) is 35.9 Å². The number of benzene rings is 1. The lowest BCUT2D eigenvalue weighted by molar-refractivity contribution is 0.0573. The normalized spacial score (nSPS) is 12.6. The van der Waals surface area contributed by atoms with Gasteiger partial charge in [-0.3, -0.25) is 0 Å². The van der Waals surface area contributed by atoms with Gasteiger partial charge in [0.15, 0.2) is 5.82 Å². The molecule has 1 atom stereocenters.